The molecule has 1 fully saturated rings. The van der Waals surface area contributed by atoms with Crippen LogP contribution in [0.25, 0.3) is 5.76 Å². The summed E-state index contributed by atoms with van der Waals surface area (Å²) in [5.41, 5.74) is 1.39. The van der Waals surface area contributed by atoms with Crippen molar-refractivity contribution in [3.05, 3.63) is 94.5 Å². The van der Waals surface area contributed by atoms with E-state index in [0.29, 0.717) is 33.3 Å². The lowest BCUT2D eigenvalue weighted by atomic mass is 9.94. The van der Waals surface area contributed by atoms with Gasteiger partial charge in [0.15, 0.2) is 0 Å². The van der Waals surface area contributed by atoms with Crippen molar-refractivity contribution in [3.8, 4) is 11.5 Å². The predicted molar refractivity (Wildman–Crippen MR) is 122 cm³/mol. The molecule has 1 N–H and O–H groups in total. The van der Waals surface area contributed by atoms with Gasteiger partial charge in [-0.15, -0.1) is 0 Å². The number of ether oxygens (including phenoxy) is 2. The molecule has 6 nitrogen and oxygen atoms in total. The number of nitrogens with zero attached hydrogens (tertiary/aromatic N) is 1. The molecule has 3 aromatic rings. The molecule has 0 bridgehead atoms. The number of benzene rings is 3. The van der Waals surface area contributed by atoms with Gasteiger partial charge in [-0.25, -0.2) is 0 Å². The van der Waals surface area contributed by atoms with Crippen LogP contribution >= 0.6 is 11.6 Å². The first-order valence-corrected chi connectivity index (χ1v) is 10.2. The van der Waals surface area contributed by atoms with Gasteiger partial charge in [-0.3, -0.25) is 14.5 Å². The van der Waals surface area contributed by atoms with E-state index >= 15 is 0 Å². The molecule has 7 heteroatoms. The Morgan fingerprint density at radius 1 is 0.938 bits per heavy atom. The van der Waals surface area contributed by atoms with Crippen molar-refractivity contribution in [2.45, 2.75) is 6.04 Å². The van der Waals surface area contributed by atoms with Crippen molar-refractivity contribution in [3.63, 3.8) is 0 Å². The smallest absolute Gasteiger partial charge is 0.300 e. The van der Waals surface area contributed by atoms with Crippen LogP contribution in [-0.4, -0.2) is 31.0 Å². The van der Waals surface area contributed by atoms with Gasteiger partial charge in [-0.2, -0.15) is 0 Å². The summed E-state index contributed by atoms with van der Waals surface area (Å²) < 4.78 is 10.8. The molecular formula is C25H20ClNO5. The van der Waals surface area contributed by atoms with Crippen LogP contribution in [0.3, 0.4) is 0 Å². The molecular weight excluding hydrogens is 430 g/mol. The van der Waals surface area contributed by atoms with Gasteiger partial charge >= 0.3 is 0 Å². The largest absolute Gasteiger partial charge is 0.507 e. The summed E-state index contributed by atoms with van der Waals surface area (Å²) in [6.45, 7) is 0. The molecule has 1 saturated heterocycles. The number of Topliss-reactive ketones (excluding diaryl/α,β-unsaturated/α-hetero) is 1. The molecule has 0 aromatic heterocycles. The second-order valence-corrected chi connectivity index (χ2v) is 7.56. The molecule has 1 aliphatic rings. The maximum atomic E-state index is 13.2. The first kappa shape index (κ1) is 21.5. The Morgan fingerprint density at radius 2 is 1.62 bits per heavy atom. The first-order valence-electron chi connectivity index (χ1n) is 9.80. The normalized spacial score (nSPS) is 17.5. The lowest BCUT2D eigenvalue weighted by Gasteiger charge is -2.26. The third kappa shape index (κ3) is 3.69. The highest BCUT2D eigenvalue weighted by atomic mass is 35.5. The second-order valence-electron chi connectivity index (χ2n) is 7.12. The minimum atomic E-state index is -0.908. The fourth-order valence-corrected chi connectivity index (χ4v) is 3.92. The van der Waals surface area contributed by atoms with E-state index in [1.54, 1.807) is 66.7 Å². The minimum absolute atomic E-state index is 0.0374. The second kappa shape index (κ2) is 8.77. The van der Waals surface area contributed by atoms with E-state index in [1.807, 2.05) is 6.07 Å². The number of ketones is 1. The van der Waals surface area contributed by atoms with E-state index in [4.69, 9.17) is 21.1 Å². The third-order valence-electron chi connectivity index (χ3n) is 5.33. The molecule has 0 aliphatic carbocycles. The lowest BCUT2D eigenvalue weighted by Crippen LogP contribution is -2.29. The molecule has 3 aromatic carbocycles. The predicted octanol–water partition coefficient (Wildman–Crippen LogP) is 4.98. The Balaban J connectivity index is 1.98. The number of rotatable bonds is 5. The highest BCUT2D eigenvalue weighted by molar-refractivity contribution is 6.51. The number of halogens is 1. The fourth-order valence-electron chi connectivity index (χ4n) is 3.79. The van der Waals surface area contributed by atoms with Crippen molar-refractivity contribution >= 4 is 34.7 Å². The summed E-state index contributed by atoms with van der Waals surface area (Å²) in [4.78, 5) is 27.7. The van der Waals surface area contributed by atoms with E-state index in [-0.39, 0.29) is 11.3 Å². The van der Waals surface area contributed by atoms with Crippen LogP contribution in [0.1, 0.15) is 17.2 Å². The SMILES string of the molecule is COc1ccc([C@@H]2/C(=C(\O)c3ccc(Cl)cc3)C(=O)C(=O)N2c2ccccc2)c(OC)c1. The topological polar surface area (TPSA) is 76.1 Å². The highest BCUT2D eigenvalue weighted by Gasteiger charge is 2.48. The molecule has 4 rings (SSSR count). The Hall–Kier alpha value is -3.77. The Bertz CT molecular complexity index is 1200. The Labute approximate surface area is 190 Å². The van der Waals surface area contributed by atoms with Gasteiger partial charge in [0.25, 0.3) is 11.7 Å². The van der Waals surface area contributed by atoms with Crippen LogP contribution in [0.2, 0.25) is 5.02 Å². The van der Waals surface area contributed by atoms with Crippen molar-refractivity contribution in [2.24, 2.45) is 0 Å². The summed E-state index contributed by atoms with van der Waals surface area (Å²) in [6.07, 6.45) is 0. The first-order chi connectivity index (χ1) is 15.5. The average molecular weight is 450 g/mol. The average Bonchev–Trinajstić information content (AvgIpc) is 3.09. The molecule has 1 heterocycles. The van der Waals surface area contributed by atoms with Crippen LogP contribution in [-0.2, 0) is 9.59 Å². The zero-order valence-corrected chi connectivity index (χ0v) is 18.2. The molecule has 0 spiro atoms. The lowest BCUT2D eigenvalue weighted by molar-refractivity contribution is -0.132. The number of hydrogen-bond donors (Lipinski definition) is 1. The van der Waals surface area contributed by atoms with Crippen molar-refractivity contribution in [1.29, 1.82) is 0 Å². The van der Waals surface area contributed by atoms with Gasteiger partial charge in [0, 0.05) is 27.9 Å². The molecule has 0 radical (unpaired) electrons. The van der Waals surface area contributed by atoms with Gasteiger partial charge in [0.1, 0.15) is 17.3 Å². The molecule has 162 valence electrons. The minimum Gasteiger partial charge on any atom is -0.507 e. The van der Waals surface area contributed by atoms with Crippen LogP contribution in [0.4, 0.5) is 5.69 Å². The van der Waals surface area contributed by atoms with Gasteiger partial charge in [0.2, 0.25) is 0 Å². The Kier molecular flexibility index (Phi) is 5.88. The number of para-hydroxylation sites is 1. The molecule has 1 atom stereocenters. The van der Waals surface area contributed by atoms with E-state index in [2.05, 4.69) is 0 Å². The monoisotopic (exact) mass is 449 g/mol. The standard InChI is InChI=1S/C25H20ClNO5/c1-31-18-12-13-19(20(14-18)32-2)22-21(23(28)15-8-10-16(26)11-9-15)24(29)25(30)27(22)17-6-4-3-5-7-17/h3-14,22,28H,1-2H3/b23-21+/t22-/m1/s1. The number of anilines is 1. The zero-order chi connectivity index (χ0) is 22.8. The third-order valence-corrected chi connectivity index (χ3v) is 5.58. The molecule has 0 saturated carbocycles. The molecule has 32 heavy (non-hydrogen) atoms. The van der Waals surface area contributed by atoms with Crippen molar-refractivity contribution < 1.29 is 24.2 Å². The number of carbonyl (C=O) groups is 2. The maximum absolute atomic E-state index is 13.2. The van der Waals surface area contributed by atoms with Crippen molar-refractivity contribution in [1.82, 2.24) is 0 Å². The number of carbonyl (C=O) groups excluding carboxylic acids is 2. The van der Waals surface area contributed by atoms with E-state index in [1.165, 1.54) is 19.1 Å². The zero-order valence-electron chi connectivity index (χ0n) is 17.4. The number of methoxy groups -OCH3 is 2. The molecule has 1 amide bonds. The van der Waals surface area contributed by atoms with Crippen LogP contribution in [0.15, 0.2) is 78.4 Å². The summed E-state index contributed by atoms with van der Waals surface area (Å²) in [7, 11) is 3.02. The summed E-state index contributed by atoms with van der Waals surface area (Å²) in [5, 5.41) is 11.6. The number of hydrogen-bond acceptors (Lipinski definition) is 5. The van der Waals surface area contributed by atoms with Gasteiger partial charge < -0.3 is 14.6 Å². The number of aliphatic hydroxyl groups is 1. The summed E-state index contributed by atoms with van der Waals surface area (Å²) in [5.74, 6) is -0.848. The summed E-state index contributed by atoms with van der Waals surface area (Å²) >= 11 is 5.97. The van der Waals surface area contributed by atoms with Gasteiger partial charge in [0.05, 0.1) is 25.8 Å². The Morgan fingerprint density at radius 3 is 2.25 bits per heavy atom. The van der Waals surface area contributed by atoms with E-state index in [0.717, 1.165) is 0 Å². The van der Waals surface area contributed by atoms with Crippen LogP contribution in [0, 0.1) is 0 Å². The summed E-state index contributed by atoms with van der Waals surface area (Å²) in [6, 6.07) is 19.4. The van der Waals surface area contributed by atoms with E-state index < -0.39 is 17.7 Å². The van der Waals surface area contributed by atoms with Crippen LogP contribution in [0.5, 0.6) is 11.5 Å². The van der Waals surface area contributed by atoms with E-state index in [9.17, 15) is 14.7 Å². The maximum Gasteiger partial charge on any atom is 0.300 e. The molecule has 1 aliphatic heterocycles. The number of amides is 1. The van der Waals surface area contributed by atoms with Gasteiger partial charge in [-0.1, -0.05) is 29.8 Å². The van der Waals surface area contributed by atoms with Crippen molar-refractivity contribution in [2.75, 3.05) is 19.1 Å². The quantitative estimate of drug-likeness (QED) is 0.337. The van der Waals surface area contributed by atoms with Gasteiger partial charge in [-0.05, 0) is 48.5 Å². The molecule has 0 unspecified atom stereocenters. The highest BCUT2D eigenvalue weighted by Crippen LogP contribution is 2.45. The fraction of sp³-hybridized carbons (Fsp3) is 0.120. The number of aliphatic hydroxyl groups excluding tert-OH is 1. The van der Waals surface area contributed by atoms with Crippen LogP contribution < -0.4 is 14.4 Å².